The average Bonchev–Trinajstić information content (AvgIpc) is 2.57. The molecule has 0 atom stereocenters. The van der Waals surface area contributed by atoms with Crippen molar-refractivity contribution in [2.75, 3.05) is 5.43 Å². The van der Waals surface area contributed by atoms with Gasteiger partial charge in [0.15, 0.2) is 0 Å². The standard InChI is InChI=1S/C16H11N5O3/c1-11-4-2-3-5-16(11)24-15-7-12(6-14(8-15)21(22)23)19-20-13(9-17)10-18/h2-8,19H,1H3. The van der Waals surface area contributed by atoms with Crippen molar-refractivity contribution in [2.45, 2.75) is 6.92 Å². The Morgan fingerprint density at radius 2 is 1.96 bits per heavy atom. The molecule has 8 nitrogen and oxygen atoms in total. The summed E-state index contributed by atoms with van der Waals surface area (Å²) in [7, 11) is 0. The molecule has 2 rings (SSSR count). The van der Waals surface area contributed by atoms with Crippen molar-refractivity contribution in [1.82, 2.24) is 0 Å². The number of hydrazone groups is 1. The van der Waals surface area contributed by atoms with Crippen molar-refractivity contribution in [3.63, 3.8) is 0 Å². The number of non-ortho nitro benzene ring substituents is 1. The van der Waals surface area contributed by atoms with Crippen LogP contribution in [0.1, 0.15) is 5.56 Å². The smallest absolute Gasteiger partial charge is 0.275 e. The fraction of sp³-hybridized carbons (Fsp3) is 0.0625. The van der Waals surface area contributed by atoms with Crippen molar-refractivity contribution in [2.24, 2.45) is 5.10 Å². The van der Waals surface area contributed by atoms with Gasteiger partial charge in [-0.05, 0) is 18.6 Å². The Kier molecular flexibility index (Phi) is 5.06. The van der Waals surface area contributed by atoms with Crippen LogP contribution >= 0.6 is 0 Å². The summed E-state index contributed by atoms with van der Waals surface area (Å²) in [5.41, 5.74) is 2.91. The molecule has 0 fully saturated rings. The number of nitro groups is 1. The predicted octanol–water partition coefficient (Wildman–Crippen LogP) is 3.51. The number of benzene rings is 2. The van der Waals surface area contributed by atoms with E-state index in [1.807, 2.05) is 19.1 Å². The molecule has 0 unspecified atom stereocenters. The van der Waals surface area contributed by atoms with Crippen LogP contribution in [-0.2, 0) is 0 Å². The molecular formula is C16H11N5O3. The van der Waals surface area contributed by atoms with Crippen LogP contribution in [0, 0.1) is 39.7 Å². The van der Waals surface area contributed by atoms with Gasteiger partial charge in [0.1, 0.15) is 23.6 Å². The number of rotatable bonds is 5. The number of aryl methyl sites for hydroxylation is 1. The van der Waals surface area contributed by atoms with E-state index in [1.54, 1.807) is 24.3 Å². The van der Waals surface area contributed by atoms with Crippen LogP contribution in [-0.4, -0.2) is 10.6 Å². The van der Waals surface area contributed by atoms with Gasteiger partial charge in [0.25, 0.3) is 5.69 Å². The summed E-state index contributed by atoms with van der Waals surface area (Å²) in [4.78, 5) is 10.5. The van der Waals surface area contributed by atoms with Gasteiger partial charge < -0.3 is 4.74 Å². The first-order chi connectivity index (χ1) is 11.5. The molecule has 0 aliphatic rings. The van der Waals surface area contributed by atoms with Crippen molar-refractivity contribution < 1.29 is 9.66 Å². The molecule has 118 valence electrons. The Balaban J connectivity index is 2.37. The number of nitro benzene ring substituents is 1. The van der Waals surface area contributed by atoms with E-state index in [0.29, 0.717) is 5.75 Å². The fourth-order valence-corrected chi connectivity index (χ4v) is 1.81. The Hall–Kier alpha value is -3.91. The van der Waals surface area contributed by atoms with Crippen LogP contribution < -0.4 is 10.2 Å². The summed E-state index contributed by atoms with van der Waals surface area (Å²) in [5, 5.41) is 31.9. The van der Waals surface area contributed by atoms with Crippen molar-refractivity contribution in [1.29, 1.82) is 10.5 Å². The second kappa shape index (κ2) is 7.38. The lowest BCUT2D eigenvalue weighted by atomic mass is 10.2. The highest BCUT2D eigenvalue weighted by atomic mass is 16.6. The number of para-hydroxylation sites is 1. The Labute approximate surface area is 137 Å². The fourth-order valence-electron chi connectivity index (χ4n) is 1.81. The lowest BCUT2D eigenvalue weighted by molar-refractivity contribution is -0.384. The summed E-state index contributed by atoms with van der Waals surface area (Å²) in [6.45, 7) is 1.85. The molecule has 2 aromatic rings. The van der Waals surface area contributed by atoms with Crippen LogP contribution in [0.4, 0.5) is 11.4 Å². The molecule has 24 heavy (non-hydrogen) atoms. The van der Waals surface area contributed by atoms with Crippen LogP contribution in [0.15, 0.2) is 47.6 Å². The number of nitrogens with zero attached hydrogens (tertiary/aromatic N) is 4. The zero-order valence-corrected chi connectivity index (χ0v) is 12.6. The maximum atomic E-state index is 11.1. The number of hydrogen-bond acceptors (Lipinski definition) is 7. The molecule has 0 spiro atoms. The molecular weight excluding hydrogens is 310 g/mol. The van der Waals surface area contributed by atoms with Gasteiger partial charge in [-0.1, -0.05) is 18.2 Å². The maximum absolute atomic E-state index is 11.1. The Morgan fingerprint density at radius 3 is 2.58 bits per heavy atom. The Bertz CT molecular complexity index is 877. The van der Waals surface area contributed by atoms with E-state index >= 15 is 0 Å². The summed E-state index contributed by atoms with van der Waals surface area (Å²) in [6.07, 6.45) is 0. The summed E-state index contributed by atoms with van der Waals surface area (Å²) in [5.74, 6) is 0.786. The molecule has 2 aromatic carbocycles. The van der Waals surface area contributed by atoms with E-state index in [-0.39, 0.29) is 17.1 Å². The topological polar surface area (TPSA) is 124 Å². The highest BCUT2D eigenvalue weighted by Crippen LogP contribution is 2.31. The number of anilines is 1. The zero-order valence-electron chi connectivity index (χ0n) is 12.6. The second-order valence-electron chi connectivity index (χ2n) is 4.64. The second-order valence-corrected chi connectivity index (χ2v) is 4.64. The monoisotopic (exact) mass is 321 g/mol. The third-order valence-corrected chi connectivity index (χ3v) is 2.93. The minimum Gasteiger partial charge on any atom is -0.457 e. The van der Waals surface area contributed by atoms with Gasteiger partial charge >= 0.3 is 0 Å². The maximum Gasteiger partial charge on any atom is 0.275 e. The predicted molar refractivity (Wildman–Crippen MR) is 86.6 cm³/mol. The molecule has 0 amide bonds. The molecule has 0 aliphatic carbocycles. The summed E-state index contributed by atoms with van der Waals surface area (Å²) >= 11 is 0. The quantitative estimate of drug-likeness (QED) is 0.510. The largest absolute Gasteiger partial charge is 0.457 e. The summed E-state index contributed by atoms with van der Waals surface area (Å²) in [6, 6.07) is 14.4. The third-order valence-electron chi connectivity index (χ3n) is 2.93. The molecule has 0 radical (unpaired) electrons. The van der Waals surface area contributed by atoms with E-state index in [9.17, 15) is 10.1 Å². The van der Waals surface area contributed by atoms with E-state index < -0.39 is 10.6 Å². The highest BCUT2D eigenvalue weighted by Gasteiger charge is 2.12. The number of hydrogen-bond donors (Lipinski definition) is 1. The molecule has 0 aliphatic heterocycles. The number of nitriles is 2. The van der Waals surface area contributed by atoms with Crippen molar-refractivity contribution in [3.8, 4) is 23.6 Å². The minimum atomic E-state index is -0.574. The van der Waals surface area contributed by atoms with Gasteiger partial charge in [0, 0.05) is 12.1 Å². The van der Waals surface area contributed by atoms with Crippen molar-refractivity contribution in [3.05, 3.63) is 58.1 Å². The molecule has 0 saturated carbocycles. The number of ether oxygens (including phenoxy) is 1. The van der Waals surface area contributed by atoms with Crippen molar-refractivity contribution >= 4 is 17.1 Å². The summed E-state index contributed by atoms with van der Waals surface area (Å²) < 4.78 is 5.68. The number of nitrogens with one attached hydrogen (secondary N) is 1. The van der Waals surface area contributed by atoms with Crippen LogP contribution in [0.5, 0.6) is 11.5 Å². The van der Waals surface area contributed by atoms with Gasteiger partial charge in [0.2, 0.25) is 5.71 Å². The van der Waals surface area contributed by atoms with Gasteiger partial charge in [-0.2, -0.15) is 15.6 Å². The van der Waals surface area contributed by atoms with E-state index in [2.05, 4.69) is 10.5 Å². The molecule has 0 aromatic heterocycles. The van der Waals surface area contributed by atoms with E-state index in [4.69, 9.17) is 15.3 Å². The average molecular weight is 321 g/mol. The zero-order chi connectivity index (χ0) is 17.5. The molecule has 0 heterocycles. The minimum absolute atomic E-state index is 0.214. The van der Waals surface area contributed by atoms with Gasteiger partial charge in [-0.25, -0.2) is 0 Å². The highest BCUT2D eigenvalue weighted by molar-refractivity contribution is 6.10. The lowest BCUT2D eigenvalue weighted by Gasteiger charge is -2.09. The van der Waals surface area contributed by atoms with Gasteiger partial charge in [-0.3, -0.25) is 15.5 Å². The van der Waals surface area contributed by atoms with E-state index in [0.717, 1.165) is 5.56 Å². The lowest BCUT2D eigenvalue weighted by Crippen LogP contribution is -1.98. The van der Waals surface area contributed by atoms with Crippen LogP contribution in [0.25, 0.3) is 0 Å². The first-order valence-corrected chi connectivity index (χ1v) is 6.70. The molecule has 0 bridgehead atoms. The first-order valence-electron chi connectivity index (χ1n) is 6.70. The normalized spacial score (nSPS) is 9.29. The van der Waals surface area contributed by atoms with Crippen LogP contribution in [0.2, 0.25) is 0 Å². The Morgan fingerprint density at radius 1 is 1.25 bits per heavy atom. The molecule has 0 saturated heterocycles. The first kappa shape index (κ1) is 16.5. The van der Waals surface area contributed by atoms with Crippen LogP contribution in [0.3, 0.4) is 0 Å². The molecule has 8 heteroatoms. The van der Waals surface area contributed by atoms with E-state index in [1.165, 1.54) is 18.2 Å². The third kappa shape index (κ3) is 4.06. The van der Waals surface area contributed by atoms with Gasteiger partial charge in [0.05, 0.1) is 16.7 Å². The molecule has 1 N–H and O–H groups in total. The SMILES string of the molecule is Cc1ccccc1Oc1cc(NN=C(C#N)C#N)cc([N+](=O)[O-])c1. The van der Waals surface area contributed by atoms with Gasteiger partial charge in [-0.15, -0.1) is 0 Å².